The predicted octanol–water partition coefficient (Wildman–Crippen LogP) is 10.7. The normalized spacial score (nSPS) is 12.0. The van der Waals surface area contributed by atoms with Crippen LogP contribution in [0.3, 0.4) is 0 Å². The van der Waals surface area contributed by atoms with Gasteiger partial charge in [0.25, 0.3) is 0 Å². The van der Waals surface area contributed by atoms with E-state index in [-0.39, 0.29) is 11.5 Å². The van der Waals surface area contributed by atoms with Gasteiger partial charge in [0.1, 0.15) is 11.5 Å². The number of rotatable bonds is 4. The number of phenolic OH excluding ortho intramolecular Hbond substituents is 2. The maximum Gasteiger partial charge on any atom is 0.116 e. The fraction of sp³-hybridized carbons (Fsp3) is 0. The van der Waals surface area contributed by atoms with Gasteiger partial charge >= 0.3 is 0 Å². The second-order valence-electron chi connectivity index (χ2n) is 12.5. The highest BCUT2D eigenvalue weighted by Crippen LogP contribution is 2.35. The first-order valence-electron chi connectivity index (χ1n) is 16.4. The summed E-state index contributed by atoms with van der Waals surface area (Å²) in [6, 6.07) is 43.7. The van der Waals surface area contributed by atoms with Gasteiger partial charge in [-0.3, -0.25) is 0 Å². The van der Waals surface area contributed by atoms with Crippen molar-refractivity contribution in [3.63, 3.8) is 0 Å². The Labute approximate surface area is 288 Å². The minimum absolute atomic E-state index is 0.244. The quantitative estimate of drug-likeness (QED) is 0.153. The number of nitrogens with one attached hydrogen (secondary N) is 2. The van der Waals surface area contributed by atoms with Gasteiger partial charge in [0.05, 0.1) is 22.8 Å². The lowest BCUT2D eigenvalue weighted by Crippen LogP contribution is -1.87. The van der Waals surface area contributed by atoms with Crippen LogP contribution in [0.4, 0.5) is 0 Å². The molecule has 0 atom stereocenters. The van der Waals surface area contributed by atoms with E-state index in [9.17, 15) is 10.2 Å². The Hall–Kier alpha value is -6.92. The van der Waals surface area contributed by atoms with Crippen molar-refractivity contribution >= 4 is 46.4 Å². The van der Waals surface area contributed by atoms with Crippen LogP contribution in [-0.4, -0.2) is 30.1 Å². The first kappa shape index (κ1) is 29.2. The van der Waals surface area contributed by atoms with E-state index in [0.717, 1.165) is 89.4 Å². The third-order valence-electron chi connectivity index (χ3n) is 9.10. The summed E-state index contributed by atoms with van der Waals surface area (Å²) in [4.78, 5) is 17.4. The topological polar surface area (TPSA) is 97.8 Å². The van der Waals surface area contributed by atoms with E-state index in [4.69, 9.17) is 9.97 Å². The molecule has 0 amide bonds. The molecule has 0 unspecified atom stereocenters. The molecule has 0 saturated heterocycles. The number of nitrogens with zero attached hydrogens (tertiary/aromatic N) is 2. The number of H-pyrrole nitrogens is 2. The molecule has 0 spiro atoms. The van der Waals surface area contributed by atoms with Crippen LogP contribution in [0.15, 0.2) is 133 Å². The van der Waals surface area contributed by atoms with Gasteiger partial charge in [-0.25, -0.2) is 9.97 Å². The molecule has 6 heteroatoms. The standard InChI is InChI=1S/C44H30N4O2/c49-37-5-1-3-31(23-37)27-7-11-29(12-8-27)43-39-19-15-33(45-39)25-35-17-21-41(47-35)44(42-22-18-36(48-42)26-34-16-20-40(43)46-34)30-13-9-28(10-14-30)32-4-2-6-38(50)24-32/h1-26,45,48-50H. The van der Waals surface area contributed by atoms with E-state index in [1.807, 2.05) is 36.4 Å². The summed E-state index contributed by atoms with van der Waals surface area (Å²) in [5.41, 5.74) is 15.2. The summed E-state index contributed by atoms with van der Waals surface area (Å²) < 4.78 is 0. The zero-order chi connectivity index (χ0) is 33.6. The molecule has 4 N–H and O–H groups in total. The van der Waals surface area contributed by atoms with Gasteiger partial charge in [-0.1, -0.05) is 72.8 Å². The third kappa shape index (κ3) is 5.55. The number of hydrogen-bond donors (Lipinski definition) is 4. The van der Waals surface area contributed by atoms with Crippen LogP contribution in [0.25, 0.3) is 90.9 Å². The Morgan fingerprint density at radius 1 is 0.380 bits per heavy atom. The SMILES string of the molecule is Oc1cccc(-c2ccc(-c3c4nc(cc5ccc([nH]5)c(-c5ccc(-c6cccc(O)c6)cc5)c5nc(cc6ccc3[nH]6)C=C5)C=C4)cc2)c1. The summed E-state index contributed by atoms with van der Waals surface area (Å²) in [6.07, 6.45) is 8.21. The van der Waals surface area contributed by atoms with Crippen molar-refractivity contribution in [1.29, 1.82) is 0 Å². The molecule has 6 nitrogen and oxygen atoms in total. The second-order valence-corrected chi connectivity index (χ2v) is 12.5. The van der Waals surface area contributed by atoms with Gasteiger partial charge in [0, 0.05) is 33.2 Å². The Morgan fingerprint density at radius 3 is 1.22 bits per heavy atom. The Bertz CT molecular complexity index is 2480. The molecule has 8 bridgehead atoms. The van der Waals surface area contributed by atoms with E-state index >= 15 is 0 Å². The highest BCUT2D eigenvalue weighted by Gasteiger charge is 2.14. The van der Waals surface area contributed by atoms with Crippen LogP contribution in [0.5, 0.6) is 11.5 Å². The summed E-state index contributed by atoms with van der Waals surface area (Å²) >= 11 is 0. The lowest BCUT2D eigenvalue weighted by molar-refractivity contribution is 0.475. The smallest absolute Gasteiger partial charge is 0.116 e. The zero-order valence-corrected chi connectivity index (χ0v) is 26.8. The average molecular weight is 647 g/mol. The molecule has 50 heavy (non-hydrogen) atoms. The van der Waals surface area contributed by atoms with Crippen molar-refractivity contribution in [2.75, 3.05) is 0 Å². The number of phenols is 2. The monoisotopic (exact) mass is 646 g/mol. The van der Waals surface area contributed by atoms with Crippen molar-refractivity contribution in [2.24, 2.45) is 0 Å². The van der Waals surface area contributed by atoms with Crippen LogP contribution in [-0.2, 0) is 0 Å². The Balaban J connectivity index is 1.21. The minimum atomic E-state index is 0.244. The van der Waals surface area contributed by atoms with Gasteiger partial charge in [0.15, 0.2) is 0 Å². The molecule has 5 heterocycles. The Morgan fingerprint density at radius 2 is 0.800 bits per heavy atom. The summed E-state index contributed by atoms with van der Waals surface area (Å²) in [6.45, 7) is 0. The van der Waals surface area contributed by atoms with E-state index in [2.05, 4.69) is 107 Å². The minimum Gasteiger partial charge on any atom is -0.508 e. The molecule has 0 saturated carbocycles. The molecule has 3 aromatic heterocycles. The van der Waals surface area contributed by atoms with E-state index in [1.165, 1.54) is 0 Å². The first-order chi connectivity index (χ1) is 24.5. The summed E-state index contributed by atoms with van der Waals surface area (Å²) in [5, 5.41) is 20.0. The summed E-state index contributed by atoms with van der Waals surface area (Å²) in [7, 11) is 0. The molecule has 0 radical (unpaired) electrons. The third-order valence-corrected chi connectivity index (χ3v) is 9.10. The fourth-order valence-corrected chi connectivity index (χ4v) is 6.71. The largest absolute Gasteiger partial charge is 0.508 e. The van der Waals surface area contributed by atoms with Crippen molar-refractivity contribution < 1.29 is 10.2 Å². The number of fused-ring (bicyclic) bond motifs is 8. The molecule has 9 rings (SSSR count). The number of hydrogen-bond acceptors (Lipinski definition) is 4. The Kier molecular flexibility index (Phi) is 6.99. The maximum absolute atomic E-state index is 10.0. The zero-order valence-electron chi connectivity index (χ0n) is 26.8. The van der Waals surface area contributed by atoms with Gasteiger partial charge in [-0.15, -0.1) is 0 Å². The molecular formula is C44H30N4O2. The first-order valence-corrected chi connectivity index (χ1v) is 16.4. The lowest BCUT2D eigenvalue weighted by atomic mass is 9.99. The van der Waals surface area contributed by atoms with Crippen molar-refractivity contribution in [3.05, 3.63) is 156 Å². The van der Waals surface area contributed by atoms with Gasteiger partial charge in [-0.05, 0) is 118 Å². The predicted molar refractivity (Wildman–Crippen MR) is 204 cm³/mol. The highest BCUT2D eigenvalue weighted by molar-refractivity contribution is 5.93. The molecule has 0 aliphatic carbocycles. The molecule has 0 fully saturated rings. The van der Waals surface area contributed by atoms with E-state index < -0.39 is 0 Å². The van der Waals surface area contributed by atoms with Gasteiger partial charge in [0.2, 0.25) is 0 Å². The van der Waals surface area contributed by atoms with Gasteiger partial charge < -0.3 is 20.2 Å². The average Bonchev–Trinajstić information content (AvgIpc) is 3.96. The van der Waals surface area contributed by atoms with Crippen molar-refractivity contribution in [2.45, 2.75) is 0 Å². The number of aromatic hydroxyl groups is 2. The van der Waals surface area contributed by atoms with Crippen molar-refractivity contribution in [3.8, 4) is 56.0 Å². The molecular weight excluding hydrogens is 617 g/mol. The van der Waals surface area contributed by atoms with E-state index in [0.29, 0.717) is 0 Å². The second kappa shape index (κ2) is 12.0. The highest BCUT2D eigenvalue weighted by atomic mass is 16.3. The van der Waals surface area contributed by atoms with Gasteiger partial charge in [-0.2, -0.15) is 0 Å². The lowest BCUT2D eigenvalue weighted by Gasteiger charge is -2.07. The molecule has 2 aliphatic rings. The number of benzene rings is 4. The van der Waals surface area contributed by atoms with Crippen LogP contribution >= 0.6 is 0 Å². The number of aromatic amines is 2. The van der Waals surface area contributed by atoms with Crippen LogP contribution in [0.1, 0.15) is 22.8 Å². The molecule has 7 aromatic rings. The molecule has 2 aliphatic heterocycles. The van der Waals surface area contributed by atoms with E-state index in [1.54, 1.807) is 24.3 Å². The maximum atomic E-state index is 10.0. The van der Waals surface area contributed by atoms with Crippen LogP contribution in [0.2, 0.25) is 0 Å². The summed E-state index contributed by atoms with van der Waals surface area (Å²) in [5.74, 6) is 0.487. The van der Waals surface area contributed by atoms with Crippen LogP contribution in [0, 0.1) is 0 Å². The molecule has 238 valence electrons. The molecule has 4 aromatic carbocycles. The fourth-order valence-electron chi connectivity index (χ4n) is 6.71. The van der Waals surface area contributed by atoms with Crippen molar-refractivity contribution in [1.82, 2.24) is 19.9 Å². The van der Waals surface area contributed by atoms with Crippen LogP contribution < -0.4 is 0 Å². The number of aromatic nitrogens is 4.